The third-order valence-corrected chi connectivity index (χ3v) is 1.71. The number of benzene rings is 1. The summed E-state index contributed by atoms with van der Waals surface area (Å²) in [5.41, 5.74) is -0.0161. The fraction of sp³-hybridized carbons (Fsp3) is 0. The van der Waals surface area contributed by atoms with Gasteiger partial charge in [0.25, 0.3) is 0 Å². The summed E-state index contributed by atoms with van der Waals surface area (Å²) in [6, 6.07) is 7.64. The van der Waals surface area contributed by atoms with Crippen LogP contribution in [0, 0.1) is 5.82 Å². The average Bonchev–Trinajstić information content (AvgIpc) is 2.07. The van der Waals surface area contributed by atoms with Gasteiger partial charge < -0.3 is 4.98 Å². The Balaban J connectivity index is 2.97. The topological polar surface area (TPSA) is 32.9 Å². The van der Waals surface area contributed by atoms with E-state index in [1.54, 1.807) is 18.2 Å². The molecule has 0 fully saturated rings. The standard InChI is InChI=1S/C9H6FNO/c10-7-3-1-2-6-4-5-8(12)11-9(6)7/h1-5H,(H,11,12). The van der Waals surface area contributed by atoms with Crippen LogP contribution in [0.3, 0.4) is 0 Å². The van der Waals surface area contributed by atoms with Crippen molar-refractivity contribution in [2.24, 2.45) is 0 Å². The second-order valence-electron chi connectivity index (χ2n) is 2.53. The van der Waals surface area contributed by atoms with Crippen LogP contribution in [0.5, 0.6) is 0 Å². The SMILES string of the molecule is O=c1ccc2cccc(F)c2[nH]1. The molecule has 3 heteroatoms. The molecule has 1 aromatic heterocycles. The molecule has 0 aliphatic carbocycles. The molecule has 0 unspecified atom stereocenters. The van der Waals surface area contributed by atoms with Gasteiger partial charge in [0.15, 0.2) is 0 Å². The lowest BCUT2D eigenvalue weighted by Gasteiger charge is -1.96. The molecule has 1 heterocycles. The average molecular weight is 163 g/mol. The minimum atomic E-state index is -0.398. The summed E-state index contributed by atoms with van der Waals surface area (Å²) >= 11 is 0. The van der Waals surface area contributed by atoms with E-state index in [-0.39, 0.29) is 11.1 Å². The van der Waals surface area contributed by atoms with Crippen LogP contribution in [-0.2, 0) is 0 Å². The van der Waals surface area contributed by atoms with Crippen molar-refractivity contribution in [3.05, 3.63) is 46.5 Å². The molecule has 0 bridgehead atoms. The van der Waals surface area contributed by atoms with Crippen LogP contribution in [0.15, 0.2) is 35.1 Å². The van der Waals surface area contributed by atoms with Gasteiger partial charge in [-0.15, -0.1) is 0 Å². The van der Waals surface area contributed by atoms with Crippen molar-refractivity contribution in [1.29, 1.82) is 0 Å². The van der Waals surface area contributed by atoms with Crippen LogP contribution in [0.25, 0.3) is 10.9 Å². The summed E-state index contributed by atoms with van der Waals surface area (Å²) in [6.07, 6.45) is 0. The summed E-state index contributed by atoms with van der Waals surface area (Å²) < 4.78 is 13.0. The molecule has 60 valence electrons. The largest absolute Gasteiger partial charge is 0.319 e. The highest BCUT2D eigenvalue weighted by atomic mass is 19.1. The van der Waals surface area contributed by atoms with E-state index < -0.39 is 5.82 Å². The van der Waals surface area contributed by atoms with Crippen molar-refractivity contribution in [2.45, 2.75) is 0 Å². The summed E-state index contributed by atoms with van der Waals surface area (Å²) in [6.45, 7) is 0. The number of hydrogen-bond acceptors (Lipinski definition) is 1. The molecule has 0 amide bonds. The van der Waals surface area contributed by atoms with E-state index >= 15 is 0 Å². The van der Waals surface area contributed by atoms with Crippen LogP contribution in [0.2, 0.25) is 0 Å². The second kappa shape index (κ2) is 2.44. The zero-order valence-corrected chi connectivity index (χ0v) is 6.17. The summed E-state index contributed by atoms with van der Waals surface area (Å²) in [5, 5.41) is 0.703. The predicted molar refractivity (Wildman–Crippen MR) is 44.5 cm³/mol. The molecule has 0 aliphatic rings. The number of H-pyrrole nitrogens is 1. The maximum Gasteiger partial charge on any atom is 0.248 e. The molecule has 1 N–H and O–H groups in total. The fourth-order valence-electron chi connectivity index (χ4n) is 1.14. The number of rotatable bonds is 0. The third-order valence-electron chi connectivity index (χ3n) is 1.71. The van der Waals surface area contributed by atoms with Crippen molar-refractivity contribution >= 4 is 10.9 Å². The Morgan fingerprint density at radius 1 is 1.17 bits per heavy atom. The number of aromatic amines is 1. The first-order valence-corrected chi connectivity index (χ1v) is 3.55. The molecule has 0 spiro atoms. The van der Waals surface area contributed by atoms with E-state index in [0.717, 1.165) is 0 Å². The number of nitrogens with one attached hydrogen (secondary N) is 1. The third kappa shape index (κ3) is 0.993. The summed E-state index contributed by atoms with van der Waals surface area (Å²) in [7, 11) is 0. The van der Waals surface area contributed by atoms with Gasteiger partial charge in [0, 0.05) is 11.5 Å². The van der Waals surface area contributed by atoms with Gasteiger partial charge in [0.1, 0.15) is 5.82 Å². The number of pyridine rings is 1. The molecule has 0 atom stereocenters. The van der Waals surface area contributed by atoms with Crippen LogP contribution in [-0.4, -0.2) is 4.98 Å². The molecule has 0 saturated heterocycles. The maximum atomic E-state index is 13.0. The molecule has 0 saturated carbocycles. The quantitative estimate of drug-likeness (QED) is 0.629. The predicted octanol–water partition coefficient (Wildman–Crippen LogP) is 1.67. The maximum absolute atomic E-state index is 13.0. The summed E-state index contributed by atoms with van der Waals surface area (Å²) in [4.78, 5) is 13.2. The molecule has 12 heavy (non-hydrogen) atoms. The molecule has 0 radical (unpaired) electrons. The van der Waals surface area contributed by atoms with Crippen molar-refractivity contribution < 1.29 is 4.39 Å². The van der Waals surface area contributed by atoms with Crippen LogP contribution in [0.4, 0.5) is 4.39 Å². The molecular formula is C9H6FNO. The smallest absolute Gasteiger partial charge is 0.248 e. The minimum absolute atomic E-state index is 0.269. The van der Waals surface area contributed by atoms with Crippen molar-refractivity contribution in [2.75, 3.05) is 0 Å². The number of hydrogen-bond donors (Lipinski definition) is 1. The van der Waals surface area contributed by atoms with E-state index in [0.29, 0.717) is 5.39 Å². The first kappa shape index (κ1) is 7.03. The molecule has 0 aliphatic heterocycles. The van der Waals surface area contributed by atoms with E-state index in [1.165, 1.54) is 12.1 Å². The van der Waals surface area contributed by atoms with Crippen LogP contribution in [0.1, 0.15) is 0 Å². The van der Waals surface area contributed by atoms with E-state index in [1.807, 2.05) is 0 Å². The normalized spacial score (nSPS) is 10.4. The van der Waals surface area contributed by atoms with Gasteiger partial charge >= 0.3 is 0 Å². The van der Waals surface area contributed by atoms with E-state index in [4.69, 9.17) is 0 Å². The van der Waals surface area contributed by atoms with Gasteiger partial charge in [-0.2, -0.15) is 0 Å². The molecule has 2 aromatic rings. The minimum Gasteiger partial charge on any atom is -0.319 e. The van der Waals surface area contributed by atoms with E-state index in [2.05, 4.69) is 4.98 Å². The lowest BCUT2D eigenvalue weighted by atomic mass is 10.2. The van der Waals surface area contributed by atoms with E-state index in [9.17, 15) is 9.18 Å². The highest BCUT2D eigenvalue weighted by molar-refractivity contribution is 5.78. The van der Waals surface area contributed by atoms with Crippen LogP contribution >= 0.6 is 0 Å². The number of fused-ring (bicyclic) bond motifs is 1. The number of aromatic nitrogens is 1. The van der Waals surface area contributed by atoms with Gasteiger partial charge in [-0.1, -0.05) is 12.1 Å². The van der Waals surface area contributed by atoms with Crippen molar-refractivity contribution in [3.8, 4) is 0 Å². The van der Waals surface area contributed by atoms with Gasteiger partial charge in [-0.3, -0.25) is 4.79 Å². The van der Waals surface area contributed by atoms with Gasteiger partial charge in [-0.05, 0) is 12.1 Å². The lowest BCUT2D eigenvalue weighted by Crippen LogP contribution is -2.03. The molecule has 1 aromatic carbocycles. The Hall–Kier alpha value is -1.64. The molecule has 2 nitrogen and oxygen atoms in total. The Morgan fingerprint density at radius 3 is 2.83 bits per heavy atom. The first-order chi connectivity index (χ1) is 5.77. The highest BCUT2D eigenvalue weighted by Gasteiger charge is 1.98. The second-order valence-corrected chi connectivity index (χ2v) is 2.53. The Bertz CT molecular complexity index is 475. The zero-order valence-electron chi connectivity index (χ0n) is 6.17. The Labute approximate surface area is 67.7 Å². The van der Waals surface area contributed by atoms with Crippen molar-refractivity contribution in [1.82, 2.24) is 4.98 Å². The Kier molecular flexibility index (Phi) is 1.43. The highest BCUT2D eigenvalue weighted by Crippen LogP contribution is 2.11. The number of halogens is 1. The van der Waals surface area contributed by atoms with Crippen LogP contribution < -0.4 is 5.56 Å². The molecule has 2 rings (SSSR count). The van der Waals surface area contributed by atoms with Gasteiger partial charge in [0.05, 0.1) is 5.52 Å². The van der Waals surface area contributed by atoms with Gasteiger partial charge in [-0.25, -0.2) is 4.39 Å². The summed E-state index contributed by atoms with van der Waals surface area (Å²) in [5.74, 6) is -0.398. The Morgan fingerprint density at radius 2 is 2.00 bits per heavy atom. The fourth-order valence-corrected chi connectivity index (χ4v) is 1.14. The first-order valence-electron chi connectivity index (χ1n) is 3.55. The molecular weight excluding hydrogens is 157 g/mol. The van der Waals surface area contributed by atoms with Gasteiger partial charge in [0.2, 0.25) is 5.56 Å². The monoisotopic (exact) mass is 163 g/mol. The lowest BCUT2D eigenvalue weighted by molar-refractivity contribution is 0.636. The van der Waals surface area contributed by atoms with Crippen molar-refractivity contribution in [3.63, 3.8) is 0 Å². The zero-order chi connectivity index (χ0) is 8.55. The number of para-hydroxylation sites is 1.